The summed E-state index contributed by atoms with van der Waals surface area (Å²) in [5, 5.41) is 38.6. The Balaban J connectivity index is 2.42. The van der Waals surface area contributed by atoms with E-state index in [1.165, 1.54) is 31.2 Å². The Morgan fingerprint density at radius 2 is 1.57 bits per heavy atom. The van der Waals surface area contributed by atoms with E-state index >= 15 is 0 Å². The van der Waals surface area contributed by atoms with Crippen molar-refractivity contribution in [3.05, 3.63) is 29.8 Å². The maximum Gasteiger partial charge on any atom is 0.341 e. The maximum absolute atomic E-state index is 11.7. The standard InChI is InChI=1S/C13H14O8/c1-6-13(19,7-2-4-8(14)5-3-7)21-12(18)10(16)9(15)11(17)20-6/h2-6,9-10,14-16,19H,1H3. The van der Waals surface area contributed by atoms with Crippen LogP contribution >= 0.6 is 0 Å². The molecule has 0 amide bonds. The second-order valence-corrected chi connectivity index (χ2v) is 4.63. The number of ether oxygens (including phenoxy) is 2. The van der Waals surface area contributed by atoms with E-state index in [2.05, 4.69) is 0 Å². The van der Waals surface area contributed by atoms with Gasteiger partial charge < -0.3 is 29.9 Å². The van der Waals surface area contributed by atoms with Crippen molar-refractivity contribution in [3.8, 4) is 5.75 Å². The Hall–Kier alpha value is -2.16. The molecule has 4 unspecified atom stereocenters. The van der Waals surface area contributed by atoms with Gasteiger partial charge in [-0.1, -0.05) is 0 Å². The summed E-state index contributed by atoms with van der Waals surface area (Å²) in [5.74, 6) is -5.08. The van der Waals surface area contributed by atoms with Gasteiger partial charge in [-0.2, -0.15) is 0 Å². The molecule has 0 aromatic heterocycles. The summed E-state index contributed by atoms with van der Waals surface area (Å²) in [6.45, 7) is 1.25. The second kappa shape index (κ2) is 5.32. The molecule has 0 saturated carbocycles. The van der Waals surface area contributed by atoms with Crippen LogP contribution in [-0.4, -0.2) is 50.7 Å². The Morgan fingerprint density at radius 1 is 1.05 bits per heavy atom. The van der Waals surface area contributed by atoms with E-state index in [0.717, 1.165) is 0 Å². The predicted octanol–water partition coefficient (Wildman–Crippen LogP) is -1.25. The smallest absolute Gasteiger partial charge is 0.341 e. The van der Waals surface area contributed by atoms with Gasteiger partial charge in [0.05, 0.1) is 0 Å². The van der Waals surface area contributed by atoms with Gasteiger partial charge >= 0.3 is 11.9 Å². The van der Waals surface area contributed by atoms with Crippen molar-refractivity contribution in [2.24, 2.45) is 0 Å². The molecule has 21 heavy (non-hydrogen) atoms. The Bertz CT molecular complexity index is 554. The number of hydrogen-bond acceptors (Lipinski definition) is 8. The molecule has 1 saturated heterocycles. The minimum absolute atomic E-state index is 0.0255. The third-order valence-electron chi connectivity index (χ3n) is 3.16. The highest BCUT2D eigenvalue weighted by Crippen LogP contribution is 2.32. The van der Waals surface area contributed by atoms with E-state index in [-0.39, 0.29) is 11.3 Å². The first-order valence-corrected chi connectivity index (χ1v) is 6.07. The lowest BCUT2D eigenvalue weighted by Crippen LogP contribution is -2.54. The van der Waals surface area contributed by atoms with Crippen molar-refractivity contribution in [2.75, 3.05) is 0 Å². The maximum atomic E-state index is 11.7. The fraction of sp³-hybridized carbons (Fsp3) is 0.385. The zero-order valence-corrected chi connectivity index (χ0v) is 11.0. The van der Waals surface area contributed by atoms with Crippen LogP contribution < -0.4 is 0 Å². The van der Waals surface area contributed by atoms with Gasteiger partial charge in [-0.25, -0.2) is 9.59 Å². The minimum Gasteiger partial charge on any atom is -0.508 e. The first kappa shape index (κ1) is 15.2. The molecule has 1 aromatic rings. The molecule has 1 aliphatic heterocycles. The fourth-order valence-electron chi connectivity index (χ4n) is 1.87. The van der Waals surface area contributed by atoms with Crippen molar-refractivity contribution < 1.29 is 39.5 Å². The number of rotatable bonds is 1. The largest absolute Gasteiger partial charge is 0.508 e. The van der Waals surface area contributed by atoms with E-state index < -0.39 is 36.0 Å². The van der Waals surface area contributed by atoms with Crippen molar-refractivity contribution in [3.63, 3.8) is 0 Å². The summed E-state index contributed by atoms with van der Waals surface area (Å²) < 4.78 is 9.58. The molecular formula is C13H14O8. The van der Waals surface area contributed by atoms with E-state index in [4.69, 9.17) is 9.47 Å². The van der Waals surface area contributed by atoms with Crippen LogP contribution in [0.4, 0.5) is 0 Å². The highest BCUT2D eigenvalue weighted by Gasteiger charge is 2.49. The number of cyclic esters (lactones) is 2. The van der Waals surface area contributed by atoms with Crippen LogP contribution in [0.3, 0.4) is 0 Å². The molecule has 1 aliphatic rings. The third kappa shape index (κ3) is 2.68. The van der Waals surface area contributed by atoms with Gasteiger partial charge in [0.15, 0.2) is 18.3 Å². The van der Waals surface area contributed by atoms with Crippen LogP contribution in [0, 0.1) is 0 Å². The summed E-state index contributed by atoms with van der Waals surface area (Å²) in [4.78, 5) is 23.2. The van der Waals surface area contributed by atoms with Crippen LogP contribution in [0.15, 0.2) is 24.3 Å². The molecular weight excluding hydrogens is 284 g/mol. The quantitative estimate of drug-likeness (QED) is 0.472. The summed E-state index contributed by atoms with van der Waals surface area (Å²) in [6.07, 6.45) is -5.61. The molecule has 0 spiro atoms. The molecule has 114 valence electrons. The van der Waals surface area contributed by atoms with Crippen LogP contribution in [0.1, 0.15) is 12.5 Å². The third-order valence-corrected chi connectivity index (χ3v) is 3.16. The summed E-state index contributed by atoms with van der Waals surface area (Å²) in [6, 6.07) is 4.99. The number of phenols is 1. The minimum atomic E-state index is -2.36. The Morgan fingerprint density at radius 3 is 2.14 bits per heavy atom. The fourth-order valence-corrected chi connectivity index (χ4v) is 1.87. The summed E-state index contributed by atoms with van der Waals surface area (Å²) >= 11 is 0. The molecule has 1 heterocycles. The van der Waals surface area contributed by atoms with Gasteiger partial charge in [0.1, 0.15) is 5.75 Å². The zero-order chi connectivity index (χ0) is 15.8. The molecule has 4 atom stereocenters. The number of esters is 2. The van der Waals surface area contributed by atoms with Crippen LogP contribution in [-0.2, 0) is 24.8 Å². The van der Waals surface area contributed by atoms with E-state index in [1.807, 2.05) is 0 Å². The molecule has 2 rings (SSSR count). The van der Waals surface area contributed by atoms with Crippen molar-refractivity contribution in [2.45, 2.75) is 31.0 Å². The molecule has 1 fully saturated rings. The highest BCUT2D eigenvalue weighted by atomic mass is 16.7. The SMILES string of the molecule is CC1OC(=O)C(O)C(O)C(=O)OC1(O)c1ccc(O)cc1. The number of carbonyl (C=O) groups is 2. The van der Waals surface area contributed by atoms with Crippen molar-refractivity contribution in [1.29, 1.82) is 0 Å². The number of carbonyl (C=O) groups excluding carboxylic acids is 2. The highest BCUT2D eigenvalue weighted by molar-refractivity contribution is 5.86. The lowest BCUT2D eigenvalue weighted by atomic mass is 9.99. The number of phenolic OH excluding ortho intramolecular Hbond substituents is 1. The van der Waals surface area contributed by atoms with Gasteiger partial charge in [0.2, 0.25) is 0 Å². The van der Waals surface area contributed by atoms with Crippen LogP contribution in [0.5, 0.6) is 5.75 Å². The number of aliphatic hydroxyl groups is 3. The Kier molecular flexibility index (Phi) is 3.86. The van der Waals surface area contributed by atoms with Crippen LogP contribution in [0.25, 0.3) is 0 Å². The van der Waals surface area contributed by atoms with E-state index in [0.29, 0.717) is 0 Å². The monoisotopic (exact) mass is 298 g/mol. The average molecular weight is 298 g/mol. The van der Waals surface area contributed by atoms with Crippen LogP contribution in [0.2, 0.25) is 0 Å². The van der Waals surface area contributed by atoms with Gasteiger partial charge in [-0.15, -0.1) is 0 Å². The van der Waals surface area contributed by atoms with Crippen molar-refractivity contribution >= 4 is 11.9 Å². The topological polar surface area (TPSA) is 134 Å². The first-order chi connectivity index (χ1) is 9.75. The summed E-state index contributed by atoms with van der Waals surface area (Å²) in [7, 11) is 0. The van der Waals surface area contributed by atoms with E-state index in [9.17, 15) is 30.0 Å². The number of aromatic hydroxyl groups is 1. The van der Waals surface area contributed by atoms with Crippen molar-refractivity contribution in [1.82, 2.24) is 0 Å². The molecule has 0 bridgehead atoms. The number of benzene rings is 1. The lowest BCUT2D eigenvalue weighted by Gasteiger charge is -2.36. The average Bonchev–Trinajstić information content (AvgIpc) is 2.45. The Labute approximate surface area is 119 Å². The van der Waals surface area contributed by atoms with Gasteiger partial charge in [-0.05, 0) is 31.2 Å². The normalized spacial score (nSPS) is 33.6. The predicted molar refractivity (Wildman–Crippen MR) is 65.7 cm³/mol. The first-order valence-electron chi connectivity index (χ1n) is 6.07. The molecule has 8 heteroatoms. The van der Waals surface area contributed by atoms with Gasteiger partial charge in [-0.3, -0.25) is 0 Å². The van der Waals surface area contributed by atoms with Gasteiger partial charge in [0, 0.05) is 5.56 Å². The molecule has 8 nitrogen and oxygen atoms in total. The molecule has 4 N–H and O–H groups in total. The number of aliphatic hydroxyl groups excluding tert-OH is 2. The second-order valence-electron chi connectivity index (χ2n) is 4.63. The molecule has 0 radical (unpaired) electrons. The van der Waals surface area contributed by atoms with E-state index in [1.54, 1.807) is 0 Å². The van der Waals surface area contributed by atoms with Gasteiger partial charge in [0.25, 0.3) is 5.79 Å². The zero-order valence-electron chi connectivity index (χ0n) is 11.0. The summed E-state index contributed by atoms with van der Waals surface area (Å²) in [5.41, 5.74) is 0.0255. The molecule has 1 aromatic carbocycles. The molecule has 0 aliphatic carbocycles. The lowest BCUT2D eigenvalue weighted by molar-refractivity contribution is -0.274. The number of hydrogen-bond donors (Lipinski definition) is 4.